The average Bonchev–Trinajstić information content (AvgIpc) is 3.52. The summed E-state index contributed by atoms with van der Waals surface area (Å²) in [4.78, 5) is 27.0. The minimum absolute atomic E-state index is 0. The van der Waals surface area contributed by atoms with Gasteiger partial charge in [-0.05, 0) is 76.5 Å². The van der Waals surface area contributed by atoms with Crippen molar-refractivity contribution in [2.24, 2.45) is 0 Å². The number of rotatable bonds is 21. The normalized spacial score (nSPS) is 19.3. The summed E-state index contributed by atoms with van der Waals surface area (Å²) in [5.74, 6) is 0.0600. The van der Waals surface area contributed by atoms with Crippen LogP contribution < -0.4 is 27.9 Å². The van der Waals surface area contributed by atoms with Gasteiger partial charge in [0.15, 0.2) is 5.71 Å². The second-order valence-corrected chi connectivity index (χ2v) is 16.2. The smallest absolute Gasteiger partial charge is 0.407 e. The van der Waals surface area contributed by atoms with Crippen LogP contribution in [0.4, 0.5) is 16.2 Å². The monoisotopic (exact) mass is 818 g/mol. The summed E-state index contributed by atoms with van der Waals surface area (Å²) < 4.78 is 24.5. The Balaban J connectivity index is 0.00000744. The van der Waals surface area contributed by atoms with Crippen molar-refractivity contribution in [1.29, 1.82) is 0 Å². The molecule has 2 aromatic carbocycles. The quantitative estimate of drug-likeness (QED) is 0.101. The van der Waals surface area contributed by atoms with E-state index in [2.05, 4.69) is 134 Å². The first-order chi connectivity index (χ1) is 27.6. The third-order valence-corrected chi connectivity index (χ3v) is 11.4. The molecule has 0 aromatic heterocycles. The van der Waals surface area contributed by atoms with Gasteiger partial charge in [0.05, 0.1) is 45.1 Å². The fourth-order valence-electron chi connectivity index (χ4n) is 8.20. The molecule has 2 aromatic rings. The van der Waals surface area contributed by atoms with Crippen LogP contribution in [0.3, 0.4) is 0 Å². The fraction of sp³-hybridized carbons (Fsp3) is 0.553. The number of fused-ring (bicyclic) bond motifs is 2. The van der Waals surface area contributed by atoms with E-state index in [-0.39, 0.29) is 41.3 Å². The molecule has 0 spiro atoms. The molecule has 318 valence electrons. The maximum absolute atomic E-state index is 12.5. The molecule has 0 fully saturated rings. The highest BCUT2D eigenvalue weighted by Gasteiger charge is 2.43. The Labute approximate surface area is 353 Å². The third kappa shape index (κ3) is 13.0. The van der Waals surface area contributed by atoms with Crippen LogP contribution in [0, 0.1) is 0 Å². The molecule has 0 saturated heterocycles. The highest BCUT2D eigenvalue weighted by Crippen LogP contribution is 2.48. The Hall–Kier alpha value is -3.96. The van der Waals surface area contributed by atoms with Crippen molar-refractivity contribution < 1.29 is 45.5 Å². The van der Waals surface area contributed by atoms with Gasteiger partial charge in [0.1, 0.15) is 13.2 Å². The zero-order valence-electron chi connectivity index (χ0n) is 35.5. The van der Waals surface area contributed by atoms with E-state index in [1.54, 1.807) is 0 Å². The lowest BCUT2D eigenvalue weighted by molar-refractivity contribution is -0.401. The number of nitrogens with zero attached hydrogens (tertiary/aromatic N) is 2. The van der Waals surface area contributed by atoms with Gasteiger partial charge in [-0.15, -0.1) is 0 Å². The summed E-state index contributed by atoms with van der Waals surface area (Å²) >= 11 is 0. The van der Waals surface area contributed by atoms with Crippen LogP contribution in [-0.4, -0.2) is 94.7 Å². The molecule has 0 saturated carbocycles. The molecule has 1 atom stereocenters. The standard InChI is InChI=1S/C47H66N4O6.ClH/c1-46(2)38-21-13-15-23-40(38)50(5)42(46)25-18-26-43-47(3,4)39-22-14-16-24-41(39)51(43)30-17-9-12-27-44(52)48-28-31-54-33-35-56-36-34-55-32-29-49-45(53)57-37-19-10-7-6-8-11-20-37;/h6-7,13-16,18,21-26,37H,8-12,17,19-20,27-36H2,1-5H3,(H-,48,49,52,53);1H/b7-6+;. The number of para-hydroxylation sites is 2. The molecule has 11 heteroatoms. The van der Waals surface area contributed by atoms with Gasteiger partial charge in [0.2, 0.25) is 11.6 Å². The number of carbonyl (C=O) groups is 2. The molecule has 1 aliphatic carbocycles. The van der Waals surface area contributed by atoms with Crippen LogP contribution in [0.15, 0.2) is 84.6 Å². The average molecular weight is 820 g/mol. The Bertz CT molecular complexity index is 1750. The first-order valence-electron chi connectivity index (χ1n) is 21.2. The molecule has 0 radical (unpaired) electrons. The van der Waals surface area contributed by atoms with E-state index in [0.29, 0.717) is 59.2 Å². The number of hydrogen-bond acceptors (Lipinski definition) is 7. The maximum atomic E-state index is 12.5. The van der Waals surface area contributed by atoms with Gasteiger partial charge in [-0.25, -0.2) is 4.79 Å². The molecule has 2 N–H and O–H groups in total. The molecule has 58 heavy (non-hydrogen) atoms. The Morgan fingerprint density at radius 1 is 0.793 bits per heavy atom. The number of alkyl carbamates (subject to hydrolysis) is 1. The van der Waals surface area contributed by atoms with Gasteiger partial charge in [0, 0.05) is 60.6 Å². The summed E-state index contributed by atoms with van der Waals surface area (Å²) in [6.07, 6.45) is 18.9. The summed E-state index contributed by atoms with van der Waals surface area (Å²) in [5, 5.41) is 5.73. The van der Waals surface area contributed by atoms with Crippen LogP contribution in [-0.2, 0) is 34.6 Å². The predicted molar refractivity (Wildman–Crippen MR) is 229 cm³/mol. The van der Waals surface area contributed by atoms with Gasteiger partial charge in [-0.2, -0.15) is 4.58 Å². The molecular weight excluding hydrogens is 752 g/mol. The minimum Gasteiger partial charge on any atom is -1.00 e. The molecule has 1 unspecified atom stereocenters. The molecular formula is C47H67ClN4O6. The molecule has 2 aliphatic heterocycles. The predicted octanol–water partition coefficient (Wildman–Crippen LogP) is 5.28. The van der Waals surface area contributed by atoms with E-state index >= 15 is 0 Å². The largest absolute Gasteiger partial charge is 1.00 e. The van der Waals surface area contributed by atoms with Crippen LogP contribution in [0.2, 0.25) is 0 Å². The van der Waals surface area contributed by atoms with E-state index < -0.39 is 0 Å². The van der Waals surface area contributed by atoms with Gasteiger partial charge < -0.3 is 46.9 Å². The third-order valence-electron chi connectivity index (χ3n) is 11.4. The van der Waals surface area contributed by atoms with Gasteiger partial charge in [0.25, 0.3) is 0 Å². The number of hydrogen-bond donors (Lipinski definition) is 2. The number of benzene rings is 2. The summed E-state index contributed by atoms with van der Waals surface area (Å²) in [7, 11) is 2.16. The van der Waals surface area contributed by atoms with Crippen LogP contribution in [0.5, 0.6) is 0 Å². The Morgan fingerprint density at radius 3 is 2.19 bits per heavy atom. The van der Waals surface area contributed by atoms with Gasteiger partial charge in [-0.3, -0.25) is 4.79 Å². The lowest BCUT2D eigenvalue weighted by Crippen LogP contribution is -3.00. The number of unbranched alkanes of at least 4 members (excludes halogenated alkanes) is 2. The van der Waals surface area contributed by atoms with E-state index in [4.69, 9.17) is 18.9 Å². The van der Waals surface area contributed by atoms with E-state index in [1.807, 2.05) is 0 Å². The SMILES string of the molecule is C[N+]1=C(/C=C/C=C2\N(CCCCCC(=O)NCCOCCOCCOCCNC(=O)OC3CC/C=C/CCC3)c3ccccc3C2(C)C)C(C)(C)c2ccccc21.[Cl-]. The lowest BCUT2D eigenvalue weighted by atomic mass is 9.81. The van der Waals surface area contributed by atoms with Crippen molar-refractivity contribution >= 4 is 29.1 Å². The van der Waals surface area contributed by atoms with Crippen molar-refractivity contribution in [3.8, 4) is 0 Å². The molecule has 5 rings (SSSR count). The molecule has 10 nitrogen and oxygen atoms in total. The number of halogens is 1. The minimum atomic E-state index is -0.378. The van der Waals surface area contributed by atoms with Crippen LogP contribution in [0.1, 0.15) is 96.6 Å². The molecule has 2 heterocycles. The first kappa shape index (κ1) is 46.7. The Kier molecular flexibility index (Phi) is 19.0. The second kappa shape index (κ2) is 23.6. The summed E-state index contributed by atoms with van der Waals surface area (Å²) in [6, 6.07) is 17.4. The van der Waals surface area contributed by atoms with Crippen molar-refractivity contribution in [2.75, 3.05) is 71.2 Å². The highest BCUT2D eigenvalue weighted by molar-refractivity contribution is 6.03. The number of allylic oxidation sites excluding steroid dienone is 6. The highest BCUT2D eigenvalue weighted by atomic mass is 35.5. The number of amides is 2. The maximum Gasteiger partial charge on any atom is 0.407 e. The van der Waals surface area contributed by atoms with Crippen LogP contribution in [0.25, 0.3) is 0 Å². The summed E-state index contributed by atoms with van der Waals surface area (Å²) in [6.45, 7) is 13.7. The number of ether oxygens (including phenoxy) is 4. The zero-order valence-corrected chi connectivity index (χ0v) is 36.3. The number of nitrogens with one attached hydrogen (secondary N) is 2. The van der Waals surface area contributed by atoms with Gasteiger partial charge in [-0.1, -0.05) is 74.9 Å². The number of anilines is 1. The summed E-state index contributed by atoms with van der Waals surface area (Å²) in [5.41, 5.74) is 7.67. The molecule has 2 amide bonds. The lowest BCUT2D eigenvalue weighted by Gasteiger charge is -2.27. The van der Waals surface area contributed by atoms with Crippen molar-refractivity contribution in [3.63, 3.8) is 0 Å². The van der Waals surface area contributed by atoms with E-state index in [9.17, 15) is 9.59 Å². The number of carbonyl (C=O) groups excluding carboxylic acids is 2. The van der Waals surface area contributed by atoms with Crippen molar-refractivity contribution in [2.45, 2.75) is 102 Å². The first-order valence-corrected chi connectivity index (χ1v) is 21.2. The van der Waals surface area contributed by atoms with Crippen LogP contribution >= 0.6 is 0 Å². The zero-order chi connectivity index (χ0) is 40.5. The fourth-order valence-corrected chi connectivity index (χ4v) is 8.20. The topological polar surface area (TPSA) is 101 Å². The van der Waals surface area contributed by atoms with Crippen molar-refractivity contribution in [3.05, 3.63) is 95.7 Å². The van der Waals surface area contributed by atoms with Crippen molar-refractivity contribution in [1.82, 2.24) is 10.6 Å². The molecule has 0 bridgehead atoms. The Morgan fingerprint density at radius 2 is 1.45 bits per heavy atom. The van der Waals surface area contributed by atoms with E-state index in [1.165, 1.54) is 33.9 Å². The molecule has 3 aliphatic rings. The second-order valence-electron chi connectivity index (χ2n) is 16.2. The van der Waals surface area contributed by atoms with Gasteiger partial charge >= 0.3 is 6.09 Å². The van der Waals surface area contributed by atoms with E-state index in [0.717, 1.165) is 57.9 Å².